The fourth-order valence-electron chi connectivity index (χ4n) is 1.45. The molecule has 1 aromatic rings. The fourth-order valence-corrected chi connectivity index (χ4v) is 1.45. The van der Waals surface area contributed by atoms with Crippen molar-refractivity contribution in [3.63, 3.8) is 0 Å². The third kappa shape index (κ3) is 1.40. The molecule has 0 fully saturated rings. The van der Waals surface area contributed by atoms with Crippen LogP contribution in [0.2, 0.25) is 0 Å². The summed E-state index contributed by atoms with van der Waals surface area (Å²) in [5.41, 5.74) is 2.63. The van der Waals surface area contributed by atoms with Crippen LogP contribution >= 0.6 is 0 Å². The Labute approximate surface area is 84.7 Å². The van der Waals surface area contributed by atoms with Crippen molar-refractivity contribution >= 4 is 12.0 Å². The Kier molecular flexibility index (Phi) is 2.05. The molecule has 15 heavy (non-hydrogen) atoms. The van der Waals surface area contributed by atoms with Crippen LogP contribution in [0.1, 0.15) is 22.1 Å². The summed E-state index contributed by atoms with van der Waals surface area (Å²) in [5, 5.41) is 18.8. The van der Waals surface area contributed by atoms with Crippen molar-refractivity contribution in [2.24, 2.45) is 0 Å². The lowest BCUT2D eigenvalue weighted by Crippen LogP contribution is -2.51. The smallest absolute Gasteiger partial charge is 0.428 e. The Hall–Kier alpha value is -2.08. The largest absolute Gasteiger partial charge is 0.464 e. The van der Waals surface area contributed by atoms with Gasteiger partial charge in [0.1, 0.15) is 0 Å². The molecular weight excluding hydrogens is 200 g/mol. The average Bonchev–Trinajstić information content (AvgIpc) is 2.23. The first-order chi connectivity index (χ1) is 7.11. The molecule has 1 aliphatic rings. The number of nitrogens with zero attached hydrogens (tertiary/aromatic N) is 1. The van der Waals surface area contributed by atoms with Gasteiger partial charge in [-0.3, -0.25) is 10.2 Å². The van der Waals surface area contributed by atoms with Crippen LogP contribution in [0, 0.1) is 0 Å². The minimum absolute atomic E-state index is 0.280. The Morgan fingerprint density at radius 3 is 2.73 bits per heavy atom. The number of amides is 2. The topological polar surface area (TPSA) is 89.9 Å². The van der Waals surface area contributed by atoms with Gasteiger partial charge in [-0.1, -0.05) is 18.2 Å². The normalized spacial score (nSPS) is 19.4. The molecule has 0 saturated carbocycles. The van der Waals surface area contributed by atoms with E-state index in [9.17, 15) is 14.7 Å². The van der Waals surface area contributed by atoms with Gasteiger partial charge in [-0.25, -0.2) is 4.79 Å². The third-order valence-corrected chi connectivity index (χ3v) is 2.16. The highest BCUT2D eigenvalue weighted by Gasteiger charge is 2.33. The number of hydrogen-bond donors (Lipinski definition) is 3. The second-order valence-electron chi connectivity index (χ2n) is 3.05. The van der Waals surface area contributed by atoms with Crippen molar-refractivity contribution < 1.29 is 19.8 Å². The Balaban J connectivity index is 2.48. The van der Waals surface area contributed by atoms with Crippen molar-refractivity contribution in [3.05, 3.63) is 35.4 Å². The highest BCUT2D eigenvalue weighted by molar-refractivity contribution is 5.97. The van der Waals surface area contributed by atoms with Crippen molar-refractivity contribution in [3.8, 4) is 0 Å². The molecule has 0 saturated heterocycles. The molecule has 1 atom stereocenters. The molecule has 78 valence electrons. The van der Waals surface area contributed by atoms with Gasteiger partial charge in [0.15, 0.2) is 6.23 Å². The molecule has 0 aliphatic carbocycles. The minimum atomic E-state index is -1.41. The summed E-state index contributed by atoms with van der Waals surface area (Å²) in [7, 11) is 0. The molecule has 0 spiro atoms. The summed E-state index contributed by atoms with van der Waals surface area (Å²) in [6.07, 6.45) is -2.78. The van der Waals surface area contributed by atoms with Gasteiger partial charge in [0.05, 0.1) is 0 Å². The van der Waals surface area contributed by atoms with Crippen LogP contribution in [0.5, 0.6) is 0 Å². The second-order valence-corrected chi connectivity index (χ2v) is 3.05. The van der Waals surface area contributed by atoms with Crippen LogP contribution in [0.3, 0.4) is 0 Å². The summed E-state index contributed by atoms with van der Waals surface area (Å²) in [6, 6.07) is 6.30. The van der Waals surface area contributed by atoms with Crippen LogP contribution in [-0.2, 0) is 0 Å². The first-order valence-corrected chi connectivity index (χ1v) is 4.21. The lowest BCUT2D eigenvalue weighted by Gasteiger charge is -2.31. The Morgan fingerprint density at radius 1 is 1.40 bits per heavy atom. The van der Waals surface area contributed by atoms with E-state index in [-0.39, 0.29) is 11.1 Å². The molecule has 0 bridgehead atoms. The van der Waals surface area contributed by atoms with E-state index in [0.29, 0.717) is 5.01 Å². The van der Waals surface area contributed by atoms with Crippen molar-refractivity contribution in [2.75, 3.05) is 0 Å². The van der Waals surface area contributed by atoms with E-state index in [1.54, 1.807) is 12.1 Å². The Morgan fingerprint density at radius 2 is 2.07 bits per heavy atom. The van der Waals surface area contributed by atoms with E-state index in [1.165, 1.54) is 12.1 Å². The average molecular weight is 208 g/mol. The summed E-state index contributed by atoms with van der Waals surface area (Å²) in [6.45, 7) is 0. The van der Waals surface area contributed by atoms with Crippen molar-refractivity contribution in [1.29, 1.82) is 0 Å². The maximum absolute atomic E-state index is 11.4. The summed E-state index contributed by atoms with van der Waals surface area (Å²) < 4.78 is 0. The zero-order chi connectivity index (χ0) is 11.0. The molecule has 1 aromatic carbocycles. The lowest BCUT2D eigenvalue weighted by atomic mass is 10.0. The number of hydrogen-bond acceptors (Lipinski definition) is 3. The van der Waals surface area contributed by atoms with Gasteiger partial charge in [-0.2, -0.15) is 5.01 Å². The monoisotopic (exact) mass is 208 g/mol. The van der Waals surface area contributed by atoms with Crippen LogP contribution in [-0.4, -0.2) is 27.2 Å². The zero-order valence-corrected chi connectivity index (χ0v) is 7.54. The van der Waals surface area contributed by atoms with Crippen molar-refractivity contribution in [1.82, 2.24) is 10.4 Å². The highest BCUT2D eigenvalue weighted by Crippen LogP contribution is 2.24. The maximum atomic E-state index is 11.4. The van der Waals surface area contributed by atoms with Crippen molar-refractivity contribution in [2.45, 2.75) is 6.23 Å². The molecule has 0 radical (unpaired) electrons. The number of carbonyl (C=O) groups is 2. The first-order valence-electron chi connectivity index (χ1n) is 4.21. The predicted octanol–water partition coefficient (Wildman–Crippen LogP) is 0.316. The van der Waals surface area contributed by atoms with Gasteiger partial charge >= 0.3 is 6.09 Å². The highest BCUT2D eigenvalue weighted by atomic mass is 16.4. The zero-order valence-electron chi connectivity index (χ0n) is 7.54. The summed E-state index contributed by atoms with van der Waals surface area (Å²) in [4.78, 5) is 22.1. The molecule has 2 amide bonds. The summed E-state index contributed by atoms with van der Waals surface area (Å²) >= 11 is 0. The minimum Gasteiger partial charge on any atom is -0.464 e. The number of aliphatic hydroxyl groups is 1. The number of carbonyl (C=O) groups excluding carboxylic acids is 1. The van der Waals surface area contributed by atoms with Gasteiger partial charge < -0.3 is 10.2 Å². The molecule has 2 rings (SSSR count). The fraction of sp³-hybridized carbons (Fsp3) is 0.111. The van der Waals surface area contributed by atoms with Crippen LogP contribution in [0.25, 0.3) is 0 Å². The van der Waals surface area contributed by atoms with E-state index >= 15 is 0 Å². The van der Waals surface area contributed by atoms with E-state index in [1.807, 2.05) is 0 Å². The number of fused-ring (bicyclic) bond motifs is 1. The standard InChI is InChI=1S/C9H8N2O4/c12-7-5-3-1-2-4-6(5)8(13)11(10-7)9(14)15/h1-4,8,13H,(H,10,12)(H,14,15). The molecule has 0 aromatic heterocycles. The van der Waals surface area contributed by atoms with Gasteiger partial charge in [-0.15, -0.1) is 0 Å². The second kappa shape index (κ2) is 3.25. The molecule has 1 aliphatic heterocycles. The molecule has 6 nitrogen and oxygen atoms in total. The maximum Gasteiger partial charge on any atom is 0.428 e. The summed E-state index contributed by atoms with van der Waals surface area (Å²) in [5.74, 6) is -0.543. The van der Waals surface area contributed by atoms with E-state index in [4.69, 9.17) is 5.11 Å². The third-order valence-electron chi connectivity index (χ3n) is 2.16. The van der Waals surface area contributed by atoms with Gasteiger partial charge in [0, 0.05) is 11.1 Å². The van der Waals surface area contributed by atoms with E-state index in [2.05, 4.69) is 5.43 Å². The molecule has 3 N–H and O–H groups in total. The van der Waals surface area contributed by atoms with Gasteiger partial charge in [-0.05, 0) is 6.07 Å². The number of hydrazine groups is 1. The number of aliphatic hydroxyl groups excluding tert-OH is 1. The number of benzene rings is 1. The van der Waals surface area contributed by atoms with Gasteiger partial charge in [0.2, 0.25) is 0 Å². The van der Waals surface area contributed by atoms with E-state index < -0.39 is 18.2 Å². The Bertz CT molecular complexity index is 432. The molecular formula is C9H8N2O4. The van der Waals surface area contributed by atoms with Crippen LogP contribution in [0.4, 0.5) is 4.79 Å². The lowest BCUT2D eigenvalue weighted by molar-refractivity contribution is -0.0232. The molecule has 1 heterocycles. The molecule has 6 heteroatoms. The number of rotatable bonds is 0. The SMILES string of the molecule is O=C1NN(C(=O)O)C(O)c2ccccc21. The van der Waals surface area contributed by atoms with Gasteiger partial charge in [0.25, 0.3) is 5.91 Å². The first kappa shape index (κ1) is 9.47. The number of carboxylic acid groups (broad SMARTS) is 1. The quantitative estimate of drug-likeness (QED) is 0.572. The van der Waals surface area contributed by atoms with Crippen LogP contribution in [0.15, 0.2) is 24.3 Å². The molecule has 1 unspecified atom stereocenters. The predicted molar refractivity (Wildman–Crippen MR) is 48.7 cm³/mol. The van der Waals surface area contributed by atoms with Crippen LogP contribution < -0.4 is 5.43 Å². The van der Waals surface area contributed by atoms with E-state index in [0.717, 1.165) is 0 Å². The number of nitrogens with one attached hydrogen (secondary N) is 1.